The molecule has 0 saturated carbocycles. The highest BCUT2D eigenvalue weighted by Crippen LogP contribution is 2.17. The maximum atomic E-state index is 11.1. The summed E-state index contributed by atoms with van der Waals surface area (Å²) in [4.78, 5) is 11.1. The number of rotatable bonds is 3. The van der Waals surface area contributed by atoms with E-state index in [-0.39, 0.29) is 0 Å². The molecule has 0 atom stereocenters. The molecule has 0 aliphatic rings. The van der Waals surface area contributed by atoms with Gasteiger partial charge in [0, 0.05) is 12.4 Å². The fraction of sp³-hybridized carbons (Fsp3) is 0. The first-order valence-corrected chi connectivity index (χ1v) is 5.62. The molecular weight excluding hydrogens is 226 g/mol. The Morgan fingerprint density at radius 3 is 2.39 bits per heavy atom. The predicted octanol–water partition coefficient (Wildman–Crippen LogP) is 2.48. The quantitative estimate of drug-likeness (QED) is 0.656. The van der Waals surface area contributed by atoms with E-state index in [9.17, 15) is 4.79 Å². The van der Waals surface area contributed by atoms with Crippen molar-refractivity contribution < 1.29 is 4.79 Å². The van der Waals surface area contributed by atoms with Gasteiger partial charge in [-0.05, 0) is 24.3 Å². The molecule has 4 heteroatoms. The van der Waals surface area contributed by atoms with E-state index in [0.717, 1.165) is 17.8 Å². The van der Waals surface area contributed by atoms with Crippen LogP contribution in [0.5, 0.6) is 0 Å². The van der Waals surface area contributed by atoms with E-state index in [1.165, 1.54) is 0 Å². The van der Waals surface area contributed by atoms with Crippen LogP contribution in [0.25, 0.3) is 11.5 Å². The van der Waals surface area contributed by atoms with Gasteiger partial charge in [-0.1, -0.05) is 18.2 Å². The molecule has 4 nitrogen and oxygen atoms in total. The normalized spacial score (nSPS) is 10.4. The van der Waals surface area contributed by atoms with E-state index < -0.39 is 0 Å². The van der Waals surface area contributed by atoms with E-state index in [1.807, 2.05) is 59.4 Å². The molecule has 2 aromatic heterocycles. The maximum absolute atomic E-state index is 11.1. The van der Waals surface area contributed by atoms with E-state index >= 15 is 0 Å². The molecule has 0 bridgehead atoms. The second kappa shape index (κ2) is 4.33. The van der Waals surface area contributed by atoms with Crippen LogP contribution in [0.4, 0.5) is 0 Å². The number of aromatic nitrogens is 3. The highest BCUT2D eigenvalue weighted by Gasteiger charge is 2.12. The molecule has 2 heterocycles. The van der Waals surface area contributed by atoms with Gasteiger partial charge in [0.15, 0.2) is 12.1 Å². The molecular formula is C14H11N3O. The third-order valence-electron chi connectivity index (χ3n) is 2.75. The topological polar surface area (TPSA) is 39.8 Å². The molecule has 0 aliphatic carbocycles. The second-order valence-electron chi connectivity index (χ2n) is 3.88. The standard InChI is InChI=1S/C14H11N3O/c18-11-12-10-15-17(13-6-2-1-3-7-13)14(12)16-8-4-5-9-16/h1-11H. The number of carbonyl (C=O) groups excluding carboxylic acids is 1. The highest BCUT2D eigenvalue weighted by atomic mass is 16.1. The van der Waals surface area contributed by atoms with Crippen molar-refractivity contribution >= 4 is 6.29 Å². The molecule has 88 valence electrons. The van der Waals surface area contributed by atoms with Gasteiger partial charge in [0.1, 0.15) is 0 Å². The van der Waals surface area contributed by atoms with Crippen LogP contribution in [0.3, 0.4) is 0 Å². The minimum atomic E-state index is 0.565. The van der Waals surface area contributed by atoms with Gasteiger partial charge in [-0.3, -0.25) is 4.79 Å². The molecule has 0 saturated heterocycles. The summed E-state index contributed by atoms with van der Waals surface area (Å²) in [6.45, 7) is 0. The second-order valence-corrected chi connectivity index (χ2v) is 3.88. The summed E-state index contributed by atoms with van der Waals surface area (Å²) in [6, 6.07) is 13.6. The third-order valence-corrected chi connectivity index (χ3v) is 2.75. The Morgan fingerprint density at radius 1 is 1.00 bits per heavy atom. The Labute approximate surface area is 104 Å². The summed E-state index contributed by atoms with van der Waals surface area (Å²) >= 11 is 0. The minimum absolute atomic E-state index is 0.565. The highest BCUT2D eigenvalue weighted by molar-refractivity contribution is 5.79. The molecule has 3 aromatic rings. The zero-order valence-corrected chi connectivity index (χ0v) is 9.60. The summed E-state index contributed by atoms with van der Waals surface area (Å²) in [6.07, 6.45) is 6.18. The summed E-state index contributed by atoms with van der Waals surface area (Å²) in [5.41, 5.74) is 1.49. The lowest BCUT2D eigenvalue weighted by molar-refractivity contribution is 0.112. The molecule has 0 unspecified atom stereocenters. The number of para-hydroxylation sites is 1. The van der Waals surface area contributed by atoms with Crippen LogP contribution in [0.1, 0.15) is 10.4 Å². The van der Waals surface area contributed by atoms with Gasteiger partial charge in [-0.2, -0.15) is 5.10 Å². The average Bonchev–Trinajstić information content (AvgIpc) is 3.08. The zero-order chi connectivity index (χ0) is 12.4. The smallest absolute Gasteiger partial charge is 0.155 e. The Bertz CT molecular complexity index is 654. The van der Waals surface area contributed by atoms with Crippen molar-refractivity contribution in [2.75, 3.05) is 0 Å². The first kappa shape index (κ1) is 10.5. The Hall–Kier alpha value is -2.62. The number of nitrogens with zero attached hydrogens (tertiary/aromatic N) is 3. The predicted molar refractivity (Wildman–Crippen MR) is 68.3 cm³/mol. The van der Waals surface area contributed by atoms with Crippen LogP contribution < -0.4 is 0 Å². The van der Waals surface area contributed by atoms with Crippen molar-refractivity contribution in [3.05, 3.63) is 66.6 Å². The fourth-order valence-electron chi connectivity index (χ4n) is 1.93. The maximum Gasteiger partial charge on any atom is 0.155 e. The van der Waals surface area contributed by atoms with Crippen LogP contribution >= 0.6 is 0 Å². The Balaban J connectivity index is 2.23. The summed E-state index contributed by atoms with van der Waals surface area (Å²) in [5, 5.41) is 4.28. The first-order chi connectivity index (χ1) is 8.90. The van der Waals surface area contributed by atoms with Gasteiger partial charge >= 0.3 is 0 Å². The lowest BCUT2D eigenvalue weighted by Crippen LogP contribution is -2.05. The number of carbonyl (C=O) groups is 1. The minimum Gasteiger partial charge on any atom is -0.308 e. The molecule has 1 aromatic carbocycles. The molecule has 0 fully saturated rings. The third kappa shape index (κ3) is 1.64. The lowest BCUT2D eigenvalue weighted by atomic mass is 10.3. The Morgan fingerprint density at radius 2 is 1.72 bits per heavy atom. The van der Waals surface area contributed by atoms with Crippen LogP contribution in [0, 0.1) is 0 Å². The molecule has 0 spiro atoms. The van der Waals surface area contributed by atoms with E-state index in [2.05, 4.69) is 5.10 Å². The zero-order valence-electron chi connectivity index (χ0n) is 9.60. The van der Waals surface area contributed by atoms with Crippen molar-refractivity contribution in [1.29, 1.82) is 0 Å². The van der Waals surface area contributed by atoms with Crippen molar-refractivity contribution in [2.45, 2.75) is 0 Å². The summed E-state index contributed by atoms with van der Waals surface area (Å²) < 4.78 is 3.63. The van der Waals surface area contributed by atoms with Gasteiger partial charge in [-0.25, -0.2) is 4.68 Å². The first-order valence-electron chi connectivity index (χ1n) is 5.62. The van der Waals surface area contributed by atoms with E-state index in [1.54, 1.807) is 10.9 Å². The van der Waals surface area contributed by atoms with Crippen LogP contribution in [-0.4, -0.2) is 20.6 Å². The monoisotopic (exact) mass is 237 g/mol. The molecule has 0 aliphatic heterocycles. The Kier molecular flexibility index (Phi) is 2.53. The van der Waals surface area contributed by atoms with Crippen LogP contribution in [-0.2, 0) is 0 Å². The van der Waals surface area contributed by atoms with Gasteiger partial charge in [0.2, 0.25) is 0 Å². The molecule has 3 rings (SSSR count). The average molecular weight is 237 g/mol. The van der Waals surface area contributed by atoms with E-state index in [0.29, 0.717) is 5.56 Å². The van der Waals surface area contributed by atoms with Gasteiger partial charge in [-0.15, -0.1) is 0 Å². The summed E-state index contributed by atoms with van der Waals surface area (Å²) in [5.74, 6) is 0.751. The SMILES string of the molecule is O=Cc1cnn(-c2ccccc2)c1-n1cccc1. The number of benzene rings is 1. The summed E-state index contributed by atoms with van der Waals surface area (Å²) in [7, 11) is 0. The van der Waals surface area contributed by atoms with Crippen LogP contribution in [0.2, 0.25) is 0 Å². The fourth-order valence-corrected chi connectivity index (χ4v) is 1.93. The van der Waals surface area contributed by atoms with Crippen molar-refractivity contribution in [3.8, 4) is 11.5 Å². The van der Waals surface area contributed by atoms with Gasteiger partial charge in [0.05, 0.1) is 17.4 Å². The van der Waals surface area contributed by atoms with Gasteiger partial charge in [0.25, 0.3) is 0 Å². The molecule has 0 N–H and O–H groups in total. The molecule has 0 amide bonds. The van der Waals surface area contributed by atoms with Crippen molar-refractivity contribution in [2.24, 2.45) is 0 Å². The number of hydrogen-bond acceptors (Lipinski definition) is 2. The largest absolute Gasteiger partial charge is 0.308 e. The van der Waals surface area contributed by atoms with Gasteiger partial charge < -0.3 is 4.57 Å². The van der Waals surface area contributed by atoms with E-state index in [4.69, 9.17) is 0 Å². The van der Waals surface area contributed by atoms with Crippen LogP contribution in [0.15, 0.2) is 61.1 Å². The van der Waals surface area contributed by atoms with Crippen molar-refractivity contribution in [3.63, 3.8) is 0 Å². The number of hydrogen-bond donors (Lipinski definition) is 0. The molecule has 18 heavy (non-hydrogen) atoms. The lowest BCUT2D eigenvalue weighted by Gasteiger charge is -2.08. The van der Waals surface area contributed by atoms with Crippen molar-refractivity contribution in [1.82, 2.24) is 14.3 Å². The number of aldehydes is 1. The molecule has 0 radical (unpaired) electrons.